The van der Waals surface area contributed by atoms with E-state index >= 15 is 0 Å². The van der Waals surface area contributed by atoms with Gasteiger partial charge >= 0.3 is 12.0 Å². The highest BCUT2D eigenvalue weighted by atomic mass is 35.5. The first-order valence-corrected chi connectivity index (χ1v) is 28.2. The number of likely N-dealkylation sites (N-methyl/N-ethyl adjacent to an activating group) is 2. The van der Waals surface area contributed by atoms with Crippen LogP contribution in [0.4, 0.5) is 27.4 Å². The number of ether oxygens (including phenoxy) is 2. The summed E-state index contributed by atoms with van der Waals surface area (Å²) in [5, 5.41) is 20.3. The highest BCUT2D eigenvalue weighted by Crippen LogP contribution is 2.41. The number of fused-ring (bicyclic) bond motifs is 2. The highest BCUT2D eigenvalue weighted by Gasteiger charge is 2.38. The molecule has 0 spiro atoms. The van der Waals surface area contributed by atoms with Crippen molar-refractivity contribution in [3.63, 3.8) is 0 Å². The molecular formula is C59H72ClFN14O4. The number of anilines is 4. The summed E-state index contributed by atoms with van der Waals surface area (Å²) in [6.45, 7) is 21.1. The standard InChI is InChI=1S/C59H72ClFN14O4/c1-8-53(76)74-25-23-72(31-42(74)14-18-62)56-46-16-21-70(51-13-12-48(61)38(4)39(51)5)33-49(46)64-59(67-56)79-36-45-28-41(30-69(45)7)40-27-37(3)55(60)52(29-40)71-22-17-47-50(34-71)65-58(78-35-44-11-10-20-68(44)6)66-57(47)73-24-26-75(54(77)9-2)43(32-73)15-19-63/h8-9,12-13,27,29,41-45H,1-2,10-11,14-17,20-26,28,30-36H2,3-7H3/t41?,42-,43-,44-,45-/m0/s1. The second-order valence-corrected chi connectivity index (χ2v) is 22.5. The molecule has 6 aliphatic rings. The summed E-state index contributed by atoms with van der Waals surface area (Å²) in [7, 11) is 4.25. The predicted octanol–water partition coefficient (Wildman–Crippen LogP) is 6.68. The van der Waals surface area contributed by atoms with E-state index in [1.807, 2.05) is 19.9 Å². The van der Waals surface area contributed by atoms with Crippen molar-refractivity contribution in [2.24, 2.45) is 0 Å². The van der Waals surface area contributed by atoms with Gasteiger partial charge in [-0.15, -0.1) is 0 Å². The third-order valence-corrected chi connectivity index (χ3v) is 17.9. The van der Waals surface area contributed by atoms with Gasteiger partial charge in [0.15, 0.2) is 0 Å². The van der Waals surface area contributed by atoms with Crippen LogP contribution in [0.3, 0.4) is 0 Å². The van der Waals surface area contributed by atoms with Crippen LogP contribution in [0.1, 0.15) is 82.8 Å². The average molecular weight is 1100 g/mol. The van der Waals surface area contributed by atoms with Crippen LogP contribution in [0, 0.1) is 49.3 Å². The predicted molar refractivity (Wildman–Crippen MR) is 302 cm³/mol. The summed E-state index contributed by atoms with van der Waals surface area (Å²) in [5.41, 5.74) is 9.38. The number of carbonyl (C=O) groups excluding carboxylic acids is 2. The van der Waals surface area contributed by atoms with Gasteiger partial charge < -0.3 is 43.8 Å². The summed E-state index contributed by atoms with van der Waals surface area (Å²) in [4.78, 5) is 63.1. The van der Waals surface area contributed by atoms with Gasteiger partial charge in [-0.05, 0) is 132 Å². The third-order valence-electron chi connectivity index (χ3n) is 17.5. The van der Waals surface area contributed by atoms with E-state index in [0.29, 0.717) is 108 Å². The first-order chi connectivity index (χ1) is 38.2. The third kappa shape index (κ3) is 11.4. The number of nitrogens with zero attached hydrogens (tertiary/aromatic N) is 14. The van der Waals surface area contributed by atoms with Crippen LogP contribution >= 0.6 is 11.6 Å². The lowest BCUT2D eigenvalue weighted by Crippen LogP contribution is -2.55. The van der Waals surface area contributed by atoms with Crippen molar-refractivity contribution in [1.82, 2.24) is 39.5 Å². The van der Waals surface area contributed by atoms with Gasteiger partial charge in [0.25, 0.3) is 0 Å². The maximum atomic E-state index is 14.6. The largest absolute Gasteiger partial charge is 0.462 e. The number of aromatic nitrogens is 4. The summed E-state index contributed by atoms with van der Waals surface area (Å²) >= 11 is 7.28. The normalized spacial score (nSPS) is 22.5. The van der Waals surface area contributed by atoms with Gasteiger partial charge in [-0.25, -0.2) is 4.39 Å². The van der Waals surface area contributed by atoms with Gasteiger partial charge in [0, 0.05) is 87.8 Å². The Bertz CT molecular complexity index is 3090. The van der Waals surface area contributed by atoms with Gasteiger partial charge in [0.05, 0.1) is 72.3 Å². The van der Waals surface area contributed by atoms with E-state index in [4.69, 9.17) is 41.0 Å². The fourth-order valence-corrected chi connectivity index (χ4v) is 12.9. The smallest absolute Gasteiger partial charge is 0.318 e. The molecule has 4 fully saturated rings. The van der Waals surface area contributed by atoms with Crippen LogP contribution in [-0.4, -0.2) is 168 Å². The van der Waals surface area contributed by atoms with Crippen molar-refractivity contribution in [3.05, 3.63) is 105 Å². The molecule has 2 aromatic carbocycles. The van der Waals surface area contributed by atoms with Crippen molar-refractivity contribution >= 4 is 46.4 Å². The van der Waals surface area contributed by atoms with E-state index in [1.54, 1.807) is 9.80 Å². The number of rotatable bonds is 15. The highest BCUT2D eigenvalue weighted by molar-refractivity contribution is 6.34. The zero-order valence-electron chi connectivity index (χ0n) is 46.3. The van der Waals surface area contributed by atoms with Crippen LogP contribution in [0.15, 0.2) is 49.6 Å². The summed E-state index contributed by atoms with van der Waals surface area (Å²) in [6, 6.07) is 12.7. The second-order valence-electron chi connectivity index (χ2n) is 22.2. The van der Waals surface area contributed by atoms with E-state index in [1.165, 1.54) is 23.8 Å². The Labute approximate surface area is 468 Å². The number of hydrogen-bond acceptors (Lipinski definition) is 16. The number of halogens is 2. The van der Waals surface area contributed by atoms with E-state index in [2.05, 4.69) is 87.8 Å². The molecule has 416 valence electrons. The lowest BCUT2D eigenvalue weighted by molar-refractivity contribution is -0.129. The van der Waals surface area contributed by atoms with Gasteiger partial charge in [0.1, 0.15) is 30.7 Å². The Hall–Kier alpha value is -7.06. The topological polar surface area (TPSA) is 178 Å². The fourth-order valence-electron chi connectivity index (χ4n) is 12.7. The summed E-state index contributed by atoms with van der Waals surface area (Å²) in [6.07, 6.45) is 7.31. The number of aryl methyl sites for hydroxylation is 1. The minimum atomic E-state index is -0.335. The molecule has 4 aromatic rings. The lowest BCUT2D eigenvalue weighted by atomic mass is 9.93. The maximum absolute atomic E-state index is 14.6. The molecule has 18 nitrogen and oxygen atoms in total. The zero-order chi connectivity index (χ0) is 55.6. The number of carbonyl (C=O) groups is 2. The van der Waals surface area contributed by atoms with Gasteiger partial charge in [-0.2, -0.15) is 30.5 Å². The average Bonchev–Trinajstić information content (AvgIpc) is 4.19. The van der Waals surface area contributed by atoms with Gasteiger partial charge in [-0.1, -0.05) is 30.8 Å². The number of likely N-dealkylation sites (tertiary alicyclic amines) is 2. The Morgan fingerprint density at radius 3 is 1.78 bits per heavy atom. The second kappa shape index (κ2) is 23.7. The van der Waals surface area contributed by atoms with Crippen molar-refractivity contribution in [2.75, 3.05) is 112 Å². The number of nitriles is 2. The molecule has 0 bridgehead atoms. The molecule has 1 unspecified atom stereocenters. The molecule has 0 radical (unpaired) electrons. The molecular weight excluding hydrogens is 1020 g/mol. The van der Waals surface area contributed by atoms with Crippen LogP contribution in [0.2, 0.25) is 5.02 Å². The molecule has 0 aliphatic carbocycles. The molecule has 0 N–H and O–H groups in total. The van der Waals surface area contributed by atoms with E-state index < -0.39 is 0 Å². The molecule has 4 saturated heterocycles. The first kappa shape index (κ1) is 55.3. The minimum absolute atomic E-state index is 0.0475. The van der Waals surface area contributed by atoms with Crippen molar-refractivity contribution in [2.45, 2.75) is 109 Å². The van der Waals surface area contributed by atoms with Crippen LogP contribution < -0.4 is 29.1 Å². The van der Waals surface area contributed by atoms with Crippen LogP contribution in [0.25, 0.3) is 0 Å². The van der Waals surface area contributed by atoms with Gasteiger partial charge in [-0.3, -0.25) is 14.5 Å². The van der Waals surface area contributed by atoms with Gasteiger partial charge in [0.2, 0.25) is 11.8 Å². The minimum Gasteiger partial charge on any atom is -0.462 e. The number of amides is 2. The molecule has 0 saturated carbocycles. The molecule has 79 heavy (non-hydrogen) atoms. The number of benzene rings is 2. The SMILES string of the molecule is C=CC(=O)N1CCN(c2nc(OC[C@@H]3CC(c4cc(C)c(Cl)c(N5CCc6c(nc(OC[C@@H]7CCCN7C)nc6N6CCN(C(=O)C=C)[C@@H](CC#N)C6)C5)c4)CN3C)nc3c2CCN(c2ccc(F)c(C)c2C)C3)C[C@@H]1CC#N. The number of hydrogen-bond donors (Lipinski definition) is 0. The molecule has 20 heteroatoms. The fraction of sp³-hybridized carbons (Fsp3) is 0.525. The number of piperazine rings is 2. The summed E-state index contributed by atoms with van der Waals surface area (Å²) < 4.78 is 27.7. The quantitative estimate of drug-likeness (QED) is 0.115. The lowest BCUT2D eigenvalue weighted by Gasteiger charge is -2.42. The van der Waals surface area contributed by atoms with Crippen LogP contribution in [0.5, 0.6) is 12.0 Å². The molecule has 8 heterocycles. The van der Waals surface area contributed by atoms with E-state index in [0.717, 1.165) is 89.0 Å². The molecule has 2 amide bonds. The monoisotopic (exact) mass is 1090 g/mol. The zero-order valence-corrected chi connectivity index (χ0v) is 47.0. The Morgan fingerprint density at radius 2 is 1.25 bits per heavy atom. The Morgan fingerprint density at radius 1 is 0.696 bits per heavy atom. The molecule has 2 aromatic heterocycles. The first-order valence-electron chi connectivity index (χ1n) is 27.8. The molecule has 6 aliphatic heterocycles. The van der Waals surface area contributed by atoms with Crippen molar-refractivity contribution in [1.29, 1.82) is 10.5 Å². The van der Waals surface area contributed by atoms with E-state index in [9.17, 15) is 24.5 Å². The van der Waals surface area contributed by atoms with E-state index in [-0.39, 0.29) is 66.6 Å². The molecule has 10 rings (SSSR count). The summed E-state index contributed by atoms with van der Waals surface area (Å²) in [5.74, 6) is 1.14. The maximum Gasteiger partial charge on any atom is 0.318 e. The Kier molecular flexibility index (Phi) is 16.6. The molecule has 5 atom stereocenters. The van der Waals surface area contributed by atoms with Crippen molar-refractivity contribution < 1.29 is 23.5 Å². The van der Waals surface area contributed by atoms with Crippen LogP contribution in [-0.2, 0) is 35.5 Å². The Balaban J connectivity index is 0.882. The van der Waals surface area contributed by atoms with Crippen molar-refractivity contribution in [3.8, 4) is 24.2 Å².